The van der Waals surface area contributed by atoms with Crippen molar-refractivity contribution in [2.45, 2.75) is 19.8 Å². The molecule has 25 heavy (non-hydrogen) atoms. The summed E-state index contributed by atoms with van der Waals surface area (Å²) in [5, 5.41) is 4.08. The lowest BCUT2D eigenvalue weighted by Gasteiger charge is -2.27. The number of thiophene rings is 1. The highest BCUT2D eigenvalue weighted by molar-refractivity contribution is 7.18. The van der Waals surface area contributed by atoms with Crippen molar-refractivity contribution in [3.8, 4) is 0 Å². The predicted molar refractivity (Wildman–Crippen MR) is 96.9 cm³/mol. The number of nitrogens with one attached hydrogen (secondary N) is 1. The largest absolute Gasteiger partial charge is 0.466 e. The molecule has 1 atom stereocenters. The molecule has 0 spiro atoms. The number of anilines is 1. The highest BCUT2D eigenvalue weighted by atomic mass is 32.1. The summed E-state index contributed by atoms with van der Waals surface area (Å²) in [5.74, 6) is -1.02. The third-order valence-electron chi connectivity index (χ3n) is 4.08. The second kappa shape index (κ2) is 7.11. The molecule has 1 aromatic carbocycles. The van der Waals surface area contributed by atoms with Crippen LogP contribution >= 0.6 is 11.3 Å². The second-order valence-electron chi connectivity index (χ2n) is 5.61. The van der Waals surface area contributed by atoms with E-state index in [4.69, 9.17) is 9.47 Å². The van der Waals surface area contributed by atoms with E-state index in [1.807, 2.05) is 37.3 Å². The van der Waals surface area contributed by atoms with Crippen LogP contribution in [0.25, 0.3) is 0 Å². The number of hydrogen-bond acceptors (Lipinski definition) is 6. The minimum absolute atomic E-state index is 0.288. The molecule has 0 fully saturated rings. The van der Waals surface area contributed by atoms with Crippen molar-refractivity contribution < 1.29 is 19.1 Å². The lowest BCUT2D eigenvalue weighted by molar-refractivity contribution is -0.136. The first-order chi connectivity index (χ1) is 12.1. The van der Waals surface area contributed by atoms with E-state index in [0.717, 1.165) is 21.8 Å². The van der Waals surface area contributed by atoms with Gasteiger partial charge in [0.25, 0.3) is 0 Å². The number of allylic oxidation sites excluding steroid dienone is 1. The van der Waals surface area contributed by atoms with Crippen LogP contribution < -0.4 is 5.32 Å². The zero-order valence-corrected chi connectivity index (χ0v) is 15.1. The normalized spacial score (nSPS) is 16.0. The highest BCUT2D eigenvalue weighted by Crippen LogP contribution is 2.46. The van der Waals surface area contributed by atoms with E-state index < -0.39 is 0 Å². The first kappa shape index (κ1) is 17.2. The van der Waals surface area contributed by atoms with Crippen LogP contribution in [0.2, 0.25) is 0 Å². The van der Waals surface area contributed by atoms with E-state index in [1.54, 1.807) is 13.0 Å². The van der Waals surface area contributed by atoms with Crippen molar-refractivity contribution in [3.05, 3.63) is 63.7 Å². The Morgan fingerprint density at radius 2 is 1.92 bits per heavy atom. The maximum Gasteiger partial charge on any atom is 0.348 e. The van der Waals surface area contributed by atoms with Crippen molar-refractivity contribution in [1.29, 1.82) is 0 Å². The van der Waals surface area contributed by atoms with E-state index in [9.17, 15) is 9.59 Å². The minimum atomic E-state index is -0.381. The summed E-state index contributed by atoms with van der Waals surface area (Å²) in [6.07, 6.45) is 0. The lowest BCUT2D eigenvalue weighted by Crippen LogP contribution is -2.22. The molecular formula is C19H19NO4S. The molecular weight excluding hydrogens is 338 g/mol. The fourth-order valence-electron chi connectivity index (χ4n) is 3.00. The molecule has 3 rings (SSSR count). The topological polar surface area (TPSA) is 64.6 Å². The van der Waals surface area contributed by atoms with Gasteiger partial charge in [-0.15, -0.1) is 11.3 Å². The molecule has 1 aliphatic rings. The summed E-state index contributed by atoms with van der Waals surface area (Å²) in [7, 11) is 1.37. The monoisotopic (exact) mass is 357 g/mol. The van der Waals surface area contributed by atoms with Gasteiger partial charge >= 0.3 is 11.9 Å². The molecule has 5 nitrogen and oxygen atoms in total. The number of ether oxygens (including phenoxy) is 2. The molecule has 0 saturated heterocycles. The Labute approximate surface area is 150 Å². The lowest BCUT2D eigenvalue weighted by atomic mass is 9.83. The maximum absolute atomic E-state index is 12.4. The van der Waals surface area contributed by atoms with E-state index >= 15 is 0 Å². The molecule has 6 heteroatoms. The van der Waals surface area contributed by atoms with Gasteiger partial charge in [0, 0.05) is 11.6 Å². The number of hydrogen-bond donors (Lipinski definition) is 1. The third-order valence-corrected chi connectivity index (χ3v) is 5.13. The van der Waals surface area contributed by atoms with E-state index in [1.165, 1.54) is 18.4 Å². The number of esters is 2. The fourth-order valence-corrected chi connectivity index (χ4v) is 4.05. The smallest absolute Gasteiger partial charge is 0.348 e. The number of methoxy groups -OCH3 is 1. The molecule has 0 amide bonds. The SMILES string of the molecule is CCOC(=O)c1cc2c(s1)NC(C)=C(C(=O)OC)[C@@H]2c1ccccc1. The van der Waals surface area contributed by atoms with Gasteiger partial charge in [0.05, 0.1) is 24.3 Å². The van der Waals surface area contributed by atoms with Gasteiger partial charge < -0.3 is 14.8 Å². The Bertz CT molecular complexity index is 838. The van der Waals surface area contributed by atoms with E-state index in [0.29, 0.717) is 17.1 Å². The van der Waals surface area contributed by atoms with Gasteiger partial charge in [0.15, 0.2) is 0 Å². The number of rotatable bonds is 4. The fraction of sp³-hybridized carbons (Fsp3) is 0.263. The van der Waals surface area contributed by atoms with Crippen LogP contribution in [0, 0.1) is 0 Å². The Morgan fingerprint density at radius 1 is 1.20 bits per heavy atom. The average Bonchev–Trinajstić information content (AvgIpc) is 3.04. The highest BCUT2D eigenvalue weighted by Gasteiger charge is 2.35. The summed E-state index contributed by atoms with van der Waals surface area (Å²) in [6, 6.07) is 11.5. The van der Waals surface area contributed by atoms with Crippen molar-refractivity contribution in [3.63, 3.8) is 0 Å². The summed E-state index contributed by atoms with van der Waals surface area (Å²) < 4.78 is 10.1. The first-order valence-corrected chi connectivity index (χ1v) is 8.80. The second-order valence-corrected chi connectivity index (χ2v) is 6.67. The standard InChI is InChI=1S/C19H19NO4S/c1-4-24-18(21)14-10-13-16(12-8-6-5-7-9-12)15(19(22)23-3)11(2)20-17(13)25-14/h5-10,16,20H,4H2,1-3H3/t16-/m1/s1. The van der Waals surface area contributed by atoms with Crippen molar-refractivity contribution in [2.24, 2.45) is 0 Å². The van der Waals surface area contributed by atoms with Gasteiger partial charge in [-0.2, -0.15) is 0 Å². The molecule has 2 heterocycles. The van der Waals surface area contributed by atoms with Gasteiger partial charge in [0.2, 0.25) is 0 Å². The van der Waals surface area contributed by atoms with Crippen LogP contribution in [0.3, 0.4) is 0 Å². The van der Waals surface area contributed by atoms with Crippen molar-refractivity contribution in [1.82, 2.24) is 0 Å². The van der Waals surface area contributed by atoms with Crippen molar-refractivity contribution >= 4 is 28.3 Å². The first-order valence-electron chi connectivity index (χ1n) is 7.98. The molecule has 130 valence electrons. The summed E-state index contributed by atoms with van der Waals surface area (Å²) in [4.78, 5) is 25.0. The van der Waals surface area contributed by atoms with E-state index in [-0.39, 0.29) is 17.9 Å². The zero-order valence-electron chi connectivity index (χ0n) is 14.3. The van der Waals surface area contributed by atoms with Crippen molar-refractivity contribution in [2.75, 3.05) is 19.0 Å². The number of fused-ring (bicyclic) bond motifs is 1. The number of carbonyl (C=O) groups is 2. The molecule has 1 aliphatic heterocycles. The van der Waals surface area contributed by atoms with Gasteiger partial charge in [-0.3, -0.25) is 0 Å². The number of benzene rings is 1. The van der Waals surface area contributed by atoms with Crippen LogP contribution in [0.4, 0.5) is 5.00 Å². The Kier molecular flexibility index (Phi) is 4.90. The summed E-state index contributed by atoms with van der Waals surface area (Å²) in [5.41, 5.74) is 3.13. The van der Waals surface area contributed by atoms with Gasteiger partial charge in [0.1, 0.15) is 4.88 Å². The van der Waals surface area contributed by atoms with Crippen LogP contribution in [0.5, 0.6) is 0 Å². The van der Waals surface area contributed by atoms with Gasteiger partial charge in [-0.1, -0.05) is 30.3 Å². The van der Waals surface area contributed by atoms with Crippen LogP contribution in [0.1, 0.15) is 40.6 Å². The predicted octanol–water partition coefficient (Wildman–Crippen LogP) is 3.93. The average molecular weight is 357 g/mol. The van der Waals surface area contributed by atoms with Gasteiger partial charge in [-0.05, 0) is 31.0 Å². The molecule has 0 unspecified atom stereocenters. The van der Waals surface area contributed by atoms with E-state index in [2.05, 4.69) is 5.32 Å². The van der Waals surface area contributed by atoms with Crippen LogP contribution in [0.15, 0.2) is 47.7 Å². The summed E-state index contributed by atoms with van der Waals surface area (Å²) >= 11 is 1.33. The zero-order chi connectivity index (χ0) is 18.0. The Hall–Kier alpha value is -2.60. The molecule has 0 saturated carbocycles. The number of carbonyl (C=O) groups excluding carboxylic acids is 2. The summed E-state index contributed by atoms with van der Waals surface area (Å²) in [6.45, 7) is 3.94. The molecule has 1 aromatic heterocycles. The van der Waals surface area contributed by atoms with Gasteiger partial charge in [-0.25, -0.2) is 9.59 Å². The molecule has 2 aromatic rings. The van der Waals surface area contributed by atoms with Crippen LogP contribution in [-0.2, 0) is 14.3 Å². The maximum atomic E-state index is 12.4. The Balaban J connectivity index is 2.13. The van der Waals surface area contributed by atoms with Crippen LogP contribution in [-0.4, -0.2) is 25.7 Å². The molecule has 0 bridgehead atoms. The minimum Gasteiger partial charge on any atom is -0.466 e. The Morgan fingerprint density at radius 3 is 2.56 bits per heavy atom. The molecule has 0 aliphatic carbocycles. The molecule has 1 N–H and O–H groups in total. The quantitative estimate of drug-likeness (QED) is 0.840. The third kappa shape index (κ3) is 3.17. The molecule has 0 radical (unpaired) electrons.